The zero-order valence-electron chi connectivity index (χ0n) is 12.8. The summed E-state index contributed by atoms with van der Waals surface area (Å²) in [6.07, 6.45) is 5.01. The van der Waals surface area contributed by atoms with Gasteiger partial charge in [-0.2, -0.15) is 0 Å². The van der Waals surface area contributed by atoms with Crippen LogP contribution in [-0.4, -0.2) is 35.4 Å². The number of halogens is 2. The molecule has 0 spiro atoms. The average molecular weight is 354 g/mol. The molecule has 1 aliphatic rings. The van der Waals surface area contributed by atoms with Crippen LogP contribution in [0.1, 0.15) is 58.9 Å². The molecular formula is C14H25Cl2N3OS. The van der Waals surface area contributed by atoms with Crippen LogP contribution in [0.2, 0.25) is 0 Å². The van der Waals surface area contributed by atoms with Crippen LogP contribution in [0.5, 0.6) is 0 Å². The Balaban J connectivity index is 0.00000200. The molecule has 1 atom stereocenters. The van der Waals surface area contributed by atoms with Crippen LogP contribution in [-0.2, 0) is 0 Å². The molecule has 4 nitrogen and oxygen atoms in total. The zero-order valence-corrected chi connectivity index (χ0v) is 15.2. The van der Waals surface area contributed by atoms with E-state index >= 15 is 0 Å². The Morgan fingerprint density at radius 2 is 2.00 bits per heavy atom. The molecule has 1 aromatic rings. The van der Waals surface area contributed by atoms with Gasteiger partial charge in [-0.15, -0.1) is 36.2 Å². The molecule has 0 saturated heterocycles. The molecule has 1 aromatic heterocycles. The lowest BCUT2D eigenvalue weighted by Crippen LogP contribution is -2.39. The van der Waals surface area contributed by atoms with Gasteiger partial charge in [-0.05, 0) is 26.7 Å². The number of aromatic nitrogens is 1. The van der Waals surface area contributed by atoms with E-state index in [0.29, 0.717) is 12.5 Å². The number of carbonyl (C=O) groups is 1. The Morgan fingerprint density at radius 1 is 1.43 bits per heavy atom. The SMILES string of the molecule is Cc1nc(C2CCCC2)sc1C(=O)N(C)C(C)CN.Cl.Cl. The number of rotatable bonds is 4. The third kappa shape index (κ3) is 4.55. The normalized spacial score (nSPS) is 16.0. The van der Waals surface area contributed by atoms with Crippen molar-refractivity contribution >= 4 is 42.1 Å². The molecule has 0 bridgehead atoms. The van der Waals surface area contributed by atoms with Crippen molar-refractivity contribution in [1.29, 1.82) is 0 Å². The fourth-order valence-electron chi connectivity index (χ4n) is 2.48. The number of likely N-dealkylation sites (N-methyl/N-ethyl adjacent to an activating group) is 1. The minimum absolute atomic E-state index is 0. The van der Waals surface area contributed by atoms with Crippen molar-refractivity contribution < 1.29 is 4.79 Å². The molecule has 0 aliphatic heterocycles. The minimum atomic E-state index is 0. The number of aryl methyl sites for hydroxylation is 1. The fraction of sp³-hybridized carbons (Fsp3) is 0.714. The molecular weight excluding hydrogens is 329 g/mol. The van der Waals surface area contributed by atoms with E-state index in [1.54, 1.807) is 16.2 Å². The zero-order chi connectivity index (χ0) is 14.0. The van der Waals surface area contributed by atoms with Gasteiger partial charge in [-0.3, -0.25) is 4.79 Å². The van der Waals surface area contributed by atoms with E-state index in [1.165, 1.54) is 25.7 Å². The number of amides is 1. The molecule has 1 amide bonds. The monoisotopic (exact) mass is 353 g/mol. The number of hydrogen-bond acceptors (Lipinski definition) is 4. The van der Waals surface area contributed by atoms with Gasteiger partial charge in [0.05, 0.1) is 10.7 Å². The third-order valence-electron chi connectivity index (χ3n) is 4.03. The van der Waals surface area contributed by atoms with E-state index in [2.05, 4.69) is 4.98 Å². The van der Waals surface area contributed by atoms with Crippen LogP contribution in [0, 0.1) is 6.92 Å². The van der Waals surface area contributed by atoms with Gasteiger partial charge in [0.1, 0.15) is 4.88 Å². The summed E-state index contributed by atoms with van der Waals surface area (Å²) in [4.78, 5) is 19.6. The van der Waals surface area contributed by atoms with Gasteiger partial charge in [0.2, 0.25) is 0 Å². The van der Waals surface area contributed by atoms with Crippen LogP contribution < -0.4 is 5.73 Å². The van der Waals surface area contributed by atoms with Gasteiger partial charge in [0.25, 0.3) is 5.91 Å². The highest BCUT2D eigenvalue weighted by atomic mass is 35.5. The number of nitrogens with two attached hydrogens (primary N) is 1. The fourth-order valence-corrected chi connectivity index (χ4v) is 3.70. The Hall–Kier alpha value is -0.360. The molecule has 1 saturated carbocycles. The number of nitrogens with zero attached hydrogens (tertiary/aromatic N) is 2. The predicted molar refractivity (Wildman–Crippen MR) is 93.2 cm³/mol. The van der Waals surface area contributed by atoms with Crippen molar-refractivity contribution in [3.63, 3.8) is 0 Å². The molecule has 2 rings (SSSR count). The summed E-state index contributed by atoms with van der Waals surface area (Å²) in [6.45, 7) is 4.38. The van der Waals surface area contributed by atoms with E-state index in [-0.39, 0.29) is 36.8 Å². The van der Waals surface area contributed by atoms with Crippen LogP contribution >= 0.6 is 36.2 Å². The van der Waals surface area contributed by atoms with Crippen LogP contribution in [0.4, 0.5) is 0 Å². The highest BCUT2D eigenvalue weighted by Gasteiger charge is 2.26. The summed E-state index contributed by atoms with van der Waals surface area (Å²) >= 11 is 1.58. The molecule has 0 aromatic carbocycles. The summed E-state index contributed by atoms with van der Waals surface area (Å²) < 4.78 is 0. The summed E-state index contributed by atoms with van der Waals surface area (Å²) in [6, 6.07) is 0.0592. The Morgan fingerprint density at radius 3 is 2.52 bits per heavy atom. The Labute approximate surface area is 143 Å². The van der Waals surface area contributed by atoms with Gasteiger partial charge < -0.3 is 10.6 Å². The van der Waals surface area contributed by atoms with Crippen molar-refractivity contribution in [3.05, 3.63) is 15.6 Å². The summed E-state index contributed by atoms with van der Waals surface area (Å²) in [7, 11) is 1.81. The van der Waals surface area contributed by atoms with Gasteiger partial charge in [0, 0.05) is 25.6 Å². The number of thiazole rings is 1. The second-order valence-electron chi connectivity index (χ2n) is 5.45. The highest BCUT2D eigenvalue weighted by Crippen LogP contribution is 2.37. The van der Waals surface area contributed by atoms with Crippen LogP contribution in [0.25, 0.3) is 0 Å². The van der Waals surface area contributed by atoms with Crippen molar-refractivity contribution in [1.82, 2.24) is 9.88 Å². The number of hydrogen-bond donors (Lipinski definition) is 1. The van der Waals surface area contributed by atoms with Crippen molar-refractivity contribution in [3.8, 4) is 0 Å². The molecule has 1 aliphatic carbocycles. The topological polar surface area (TPSA) is 59.2 Å². The second kappa shape index (κ2) is 8.93. The summed E-state index contributed by atoms with van der Waals surface area (Å²) in [5.74, 6) is 0.625. The van der Waals surface area contributed by atoms with Crippen LogP contribution in [0.3, 0.4) is 0 Å². The Bertz CT molecular complexity index is 461. The van der Waals surface area contributed by atoms with Crippen molar-refractivity contribution in [2.24, 2.45) is 5.73 Å². The first-order valence-corrected chi connectivity index (χ1v) is 7.80. The standard InChI is InChI=1S/C14H23N3OS.2ClH/c1-9(8-15)17(3)14(18)12-10(2)16-13(19-12)11-6-4-5-7-11;;/h9,11H,4-8,15H2,1-3H3;2*1H. The average Bonchev–Trinajstić information content (AvgIpc) is 3.04. The first-order valence-electron chi connectivity index (χ1n) is 6.99. The largest absolute Gasteiger partial charge is 0.337 e. The van der Waals surface area contributed by atoms with Gasteiger partial charge in [-0.1, -0.05) is 12.8 Å². The van der Waals surface area contributed by atoms with E-state index in [0.717, 1.165) is 15.6 Å². The third-order valence-corrected chi connectivity index (χ3v) is 5.34. The molecule has 2 N–H and O–H groups in total. The number of carbonyl (C=O) groups excluding carboxylic acids is 1. The van der Waals surface area contributed by atoms with E-state index in [9.17, 15) is 4.79 Å². The lowest BCUT2D eigenvalue weighted by molar-refractivity contribution is 0.0752. The smallest absolute Gasteiger partial charge is 0.265 e. The molecule has 0 radical (unpaired) electrons. The van der Waals surface area contributed by atoms with Crippen molar-refractivity contribution in [2.75, 3.05) is 13.6 Å². The van der Waals surface area contributed by atoms with Crippen LogP contribution in [0.15, 0.2) is 0 Å². The molecule has 1 heterocycles. The molecule has 7 heteroatoms. The molecule has 1 fully saturated rings. The predicted octanol–water partition coefficient (Wildman–Crippen LogP) is 3.37. The molecule has 21 heavy (non-hydrogen) atoms. The maximum atomic E-state index is 12.4. The molecule has 122 valence electrons. The first-order chi connectivity index (χ1) is 9.04. The van der Waals surface area contributed by atoms with Gasteiger partial charge in [0.15, 0.2) is 0 Å². The van der Waals surface area contributed by atoms with Gasteiger partial charge in [-0.25, -0.2) is 4.98 Å². The quantitative estimate of drug-likeness (QED) is 0.902. The Kier molecular flexibility index (Phi) is 8.78. The second-order valence-corrected chi connectivity index (χ2v) is 6.48. The minimum Gasteiger partial charge on any atom is -0.337 e. The van der Waals surface area contributed by atoms with Crippen molar-refractivity contribution in [2.45, 2.75) is 51.5 Å². The maximum absolute atomic E-state index is 12.4. The van der Waals surface area contributed by atoms with Gasteiger partial charge >= 0.3 is 0 Å². The maximum Gasteiger partial charge on any atom is 0.265 e. The van der Waals surface area contributed by atoms with E-state index < -0.39 is 0 Å². The lowest BCUT2D eigenvalue weighted by Gasteiger charge is -2.23. The van der Waals surface area contributed by atoms with E-state index in [1.807, 2.05) is 20.9 Å². The van der Waals surface area contributed by atoms with E-state index in [4.69, 9.17) is 5.73 Å². The highest BCUT2D eigenvalue weighted by molar-refractivity contribution is 7.13. The summed E-state index contributed by atoms with van der Waals surface area (Å²) in [5, 5.41) is 1.15. The lowest BCUT2D eigenvalue weighted by atomic mass is 10.1. The molecule has 1 unspecified atom stereocenters. The first kappa shape index (κ1) is 20.6. The summed E-state index contributed by atoms with van der Waals surface area (Å²) in [5.41, 5.74) is 6.49.